The van der Waals surface area contributed by atoms with Gasteiger partial charge in [0.1, 0.15) is 36.0 Å². The Morgan fingerprint density at radius 1 is 1.42 bits per heavy atom. The maximum Gasteiger partial charge on any atom is 0.352 e. The van der Waals surface area contributed by atoms with Crippen molar-refractivity contribution in [3.8, 4) is 0 Å². The SMILES string of the molecule is CON=C(C(=O)NC1C(=O)N2C(C(=O)O)=C(C[n+]3ccc(C(C)N=O)cc3)CS[C@@H]12)c1csc(N)n1. The molecule has 4 rings (SSSR count). The molecular weight excluding hydrogens is 510 g/mol. The number of anilines is 1. The summed E-state index contributed by atoms with van der Waals surface area (Å²) in [5, 5.41) is 20.4. The third-order valence-corrected chi connectivity index (χ3v) is 7.64. The van der Waals surface area contributed by atoms with Crippen LogP contribution in [-0.2, 0) is 25.8 Å². The molecule has 2 amide bonds. The smallest absolute Gasteiger partial charge is 0.352 e. The standard InChI is InChI=1S/C21H21N7O6S2/c1-10(25-33)11-3-5-27(6-4-11)7-12-8-35-19-15(18(30)28(19)16(12)20(31)32)24-17(29)14(26-34-2)13-9-36-21(22)23-13/h3-6,9-10,15,19H,7-8H2,1-2H3,(H3-,22,23,24,29,31,32)/p+1/t10?,15?,19-/m0/s1. The monoisotopic (exact) mass is 532 g/mol. The number of nitrogens with one attached hydrogen (secondary N) is 1. The number of carbonyl (C=O) groups excluding carboxylic acids is 2. The van der Waals surface area contributed by atoms with Crippen LogP contribution < -0.4 is 15.6 Å². The van der Waals surface area contributed by atoms with E-state index in [1.54, 1.807) is 36.0 Å². The van der Waals surface area contributed by atoms with Crippen LogP contribution in [0.25, 0.3) is 0 Å². The number of nitrogen functional groups attached to an aromatic ring is 1. The van der Waals surface area contributed by atoms with Gasteiger partial charge in [-0.1, -0.05) is 10.3 Å². The quantitative estimate of drug-likeness (QED) is 0.137. The molecule has 1 fully saturated rings. The summed E-state index contributed by atoms with van der Waals surface area (Å²) in [5.41, 5.74) is 6.86. The Bertz CT molecular complexity index is 1280. The molecule has 0 spiro atoms. The summed E-state index contributed by atoms with van der Waals surface area (Å²) < 4.78 is 1.76. The minimum atomic E-state index is -1.23. The summed E-state index contributed by atoms with van der Waals surface area (Å²) in [5.74, 6) is -2.13. The number of β-lactam (4-membered cyclic amide) rings is 1. The highest BCUT2D eigenvalue weighted by Gasteiger charge is 2.54. The molecule has 1 saturated heterocycles. The van der Waals surface area contributed by atoms with Crippen molar-refractivity contribution in [3.05, 3.63) is 57.3 Å². The lowest BCUT2D eigenvalue weighted by Crippen LogP contribution is -2.71. The fourth-order valence-corrected chi connectivity index (χ4v) is 5.72. The van der Waals surface area contributed by atoms with Crippen LogP contribution in [0.5, 0.6) is 0 Å². The minimum Gasteiger partial charge on any atom is -0.477 e. The number of carboxylic acid groups (broad SMARTS) is 1. The van der Waals surface area contributed by atoms with Gasteiger partial charge in [0, 0.05) is 28.8 Å². The van der Waals surface area contributed by atoms with Gasteiger partial charge < -0.3 is 21.0 Å². The van der Waals surface area contributed by atoms with E-state index in [1.807, 2.05) is 0 Å². The summed E-state index contributed by atoms with van der Waals surface area (Å²) >= 11 is 2.47. The van der Waals surface area contributed by atoms with E-state index in [9.17, 15) is 24.4 Å². The molecule has 188 valence electrons. The fraction of sp³-hybridized carbons (Fsp3) is 0.333. The summed E-state index contributed by atoms with van der Waals surface area (Å²) in [6.45, 7) is 1.91. The molecule has 2 unspecified atom stereocenters. The van der Waals surface area contributed by atoms with Crippen molar-refractivity contribution in [3.63, 3.8) is 0 Å². The van der Waals surface area contributed by atoms with Gasteiger partial charge >= 0.3 is 5.97 Å². The molecule has 4 N–H and O–H groups in total. The van der Waals surface area contributed by atoms with Crippen molar-refractivity contribution in [1.29, 1.82) is 0 Å². The van der Waals surface area contributed by atoms with Gasteiger partial charge in [-0.25, -0.2) is 14.3 Å². The predicted molar refractivity (Wildman–Crippen MR) is 131 cm³/mol. The highest BCUT2D eigenvalue weighted by Crippen LogP contribution is 2.40. The summed E-state index contributed by atoms with van der Waals surface area (Å²) in [6.07, 6.45) is 3.45. The van der Waals surface area contributed by atoms with Crippen molar-refractivity contribution in [2.24, 2.45) is 10.3 Å². The zero-order chi connectivity index (χ0) is 26.0. The van der Waals surface area contributed by atoms with Gasteiger partial charge in [0.05, 0.1) is 0 Å². The number of hydrogen-bond donors (Lipinski definition) is 3. The molecule has 3 atom stereocenters. The number of nitrogens with zero attached hydrogens (tertiary/aromatic N) is 5. The number of pyridine rings is 1. The Balaban J connectivity index is 1.51. The van der Waals surface area contributed by atoms with E-state index in [0.717, 1.165) is 16.9 Å². The average molecular weight is 533 g/mol. The first kappa shape index (κ1) is 25.2. The van der Waals surface area contributed by atoms with E-state index in [2.05, 4.69) is 20.6 Å². The van der Waals surface area contributed by atoms with Crippen LogP contribution in [0.3, 0.4) is 0 Å². The Morgan fingerprint density at radius 2 is 2.14 bits per heavy atom. The molecule has 0 aromatic carbocycles. The molecule has 15 heteroatoms. The number of aliphatic carboxylic acids is 1. The normalized spacial score (nSPS) is 20.3. The van der Waals surface area contributed by atoms with Crippen LogP contribution in [0.15, 0.2) is 51.5 Å². The van der Waals surface area contributed by atoms with E-state index < -0.39 is 35.2 Å². The first-order valence-corrected chi connectivity index (χ1v) is 12.5. The van der Waals surface area contributed by atoms with Gasteiger partial charge in [-0.05, 0) is 12.5 Å². The number of rotatable bonds is 9. The van der Waals surface area contributed by atoms with E-state index in [0.29, 0.717) is 11.3 Å². The first-order valence-electron chi connectivity index (χ1n) is 10.6. The van der Waals surface area contributed by atoms with Crippen LogP contribution in [0.2, 0.25) is 0 Å². The molecular formula is C21H22N7O6S2+. The van der Waals surface area contributed by atoms with Crippen LogP contribution in [-0.4, -0.2) is 62.8 Å². The summed E-state index contributed by atoms with van der Waals surface area (Å²) in [4.78, 5) is 58.6. The van der Waals surface area contributed by atoms with Crippen molar-refractivity contribution in [2.45, 2.75) is 30.9 Å². The average Bonchev–Trinajstić information content (AvgIpc) is 3.30. The maximum atomic E-state index is 13.0. The Hall–Kier alpha value is -3.85. The Labute approximate surface area is 213 Å². The second-order valence-corrected chi connectivity index (χ2v) is 9.89. The number of fused-ring (bicyclic) bond motifs is 1. The molecule has 2 aliphatic heterocycles. The largest absolute Gasteiger partial charge is 0.477 e. The number of thioether (sulfide) groups is 1. The third-order valence-electron chi connectivity index (χ3n) is 5.63. The first-order chi connectivity index (χ1) is 17.2. The van der Waals surface area contributed by atoms with Gasteiger partial charge in [-0.2, -0.15) is 4.91 Å². The van der Waals surface area contributed by atoms with Crippen LogP contribution >= 0.6 is 23.1 Å². The van der Waals surface area contributed by atoms with Crippen molar-refractivity contribution in [2.75, 3.05) is 18.6 Å². The van der Waals surface area contributed by atoms with Crippen LogP contribution in [0, 0.1) is 4.91 Å². The van der Waals surface area contributed by atoms with Gasteiger partial charge in [-0.3, -0.25) is 14.5 Å². The lowest BCUT2D eigenvalue weighted by Gasteiger charge is -2.49. The Morgan fingerprint density at radius 3 is 2.72 bits per heavy atom. The molecule has 2 aliphatic rings. The molecule has 0 radical (unpaired) electrons. The summed E-state index contributed by atoms with van der Waals surface area (Å²) in [6, 6.07) is 2.04. The lowest BCUT2D eigenvalue weighted by atomic mass is 10.0. The lowest BCUT2D eigenvalue weighted by molar-refractivity contribution is -0.689. The molecule has 0 aliphatic carbocycles. The number of carboxylic acids is 1. The molecule has 2 aromatic heterocycles. The topological polar surface area (TPSA) is 181 Å². The second-order valence-electron chi connectivity index (χ2n) is 7.90. The third kappa shape index (κ3) is 4.79. The van der Waals surface area contributed by atoms with Crippen molar-refractivity contribution < 1.29 is 28.9 Å². The van der Waals surface area contributed by atoms with Crippen molar-refractivity contribution in [1.82, 2.24) is 15.2 Å². The number of nitroso groups, excluding NO2 is 1. The van der Waals surface area contributed by atoms with E-state index in [1.165, 1.54) is 29.2 Å². The van der Waals surface area contributed by atoms with E-state index in [-0.39, 0.29) is 28.8 Å². The number of nitrogens with two attached hydrogens (primary N) is 1. The second kappa shape index (κ2) is 10.4. The molecule has 4 heterocycles. The highest BCUT2D eigenvalue weighted by molar-refractivity contribution is 8.00. The van der Waals surface area contributed by atoms with Gasteiger partial charge in [0.2, 0.25) is 0 Å². The van der Waals surface area contributed by atoms with E-state index in [4.69, 9.17) is 10.6 Å². The van der Waals surface area contributed by atoms with Gasteiger partial charge in [-0.15, -0.1) is 23.1 Å². The van der Waals surface area contributed by atoms with Crippen LogP contribution in [0.1, 0.15) is 24.2 Å². The number of oxime groups is 1. The Kier molecular flexibility index (Phi) is 7.30. The molecule has 13 nitrogen and oxygen atoms in total. The van der Waals surface area contributed by atoms with Gasteiger partial charge in [0.25, 0.3) is 11.8 Å². The number of thiazole rings is 1. The van der Waals surface area contributed by atoms with E-state index >= 15 is 0 Å². The summed E-state index contributed by atoms with van der Waals surface area (Å²) in [7, 11) is 1.27. The highest BCUT2D eigenvalue weighted by atomic mass is 32.2. The number of carbonyl (C=O) groups is 3. The fourth-order valence-electron chi connectivity index (χ4n) is 3.84. The molecule has 2 aromatic rings. The molecule has 0 saturated carbocycles. The van der Waals surface area contributed by atoms with Crippen LogP contribution in [0.4, 0.5) is 5.13 Å². The number of hydrogen-bond acceptors (Lipinski definition) is 11. The maximum absolute atomic E-state index is 13.0. The van der Waals surface area contributed by atoms with Gasteiger partial charge in [0.15, 0.2) is 29.8 Å². The number of aromatic nitrogens is 2. The van der Waals surface area contributed by atoms with Crippen molar-refractivity contribution >= 4 is 51.7 Å². The minimum absolute atomic E-state index is 0.105. The zero-order valence-electron chi connectivity index (χ0n) is 19.2. The predicted octanol–water partition coefficient (Wildman–Crippen LogP) is 0.630. The molecule has 0 bridgehead atoms. The zero-order valence-corrected chi connectivity index (χ0v) is 20.8. The number of amides is 2. The molecule has 36 heavy (non-hydrogen) atoms.